The third-order valence-electron chi connectivity index (χ3n) is 2.81. The van der Waals surface area contributed by atoms with Crippen LogP contribution in [0.2, 0.25) is 0 Å². The topological polar surface area (TPSA) is 86.7 Å². The van der Waals surface area contributed by atoms with Crippen molar-refractivity contribution >= 4 is 23.9 Å². The Kier molecular flexibility index (Phi) is 4.05. The fourth-order valence-electron chi connectivity index (χ4n) is 1.81. The minimum absolute atomic E-state index is 0.0944. The second-order valence-electron chi connectivity index (χ2n) is 4.23. The van der Waals surface area contributed by atoms with Gasteiger partial charge < -0.3 is 10.4 Å². The molecule has 1 heterocycles. The third-order valence-corrected chi connectivity index (χ3v) is 2.81. The number of nitrogens with one attached hydrogen (secondary N) is 1. The Labute approximate surface area is 121 Å². The van der Waals surface area contributed by atoms with E-state index in [-0.39, 0.29) is 23.7 Å². The zero-order chi connectivity index (χ0) is 15.4. The lowest BCUT2D eigenvalue weighted by Crippen LogP contribution is -2.47. The van der Waals surface area contributed by atoms with Crippen LogP contribution in [-0.2, 0) is 9.59 Å². The van der Waals surface area contributed by atoms with Gasteiger partial charge in [-0.1, -0.05) is 18.1 Å². The van der Waals surface area contributed by atoms with Gasteiger partial charge in [0.2, 0.25) is 0 Å². The summed E-state index contributed by atoms with van der Waals surface area (Å²) in [6, 6.07) is 8.53. The maximum absolute atomic E-state index is 11.9. The Morgan fingerprint density at radius 3 is 2.57 bits per heavy atom. The van der Waals surface area contributed by atoms with E-state index >= 15 is 0 Å². The molecule has 1 fully saturated rings. The van der Waals surface area contributed by atoms with Gasteiger partial charge in [0.25, 0.3) is 11.8 Å². The number of nitrogens with zero attached hydrogens (tertiary/aromatic N) is 1. The van der Waals surface area contributed by atoms with Gasteiger partial charge in [0.1, 0.15) is 5.70 Å². The first-order valence-corrected chi connectivity index (χ1v) is 6.11. The van der Waals surface area contributed by atoms with Gasteiger partial charge in [0.15, 0.2) is 0 Å². The first kappa shape index (κ1) is 14.3. The van der Waals surface area contributed by atoms with Crippen LogP contribution in [0.5, 0.6) is 0 Å². The second-order valence-corrected chi connectivity index (χ2v) is 4.23. The molecule has 1 aliphatic heterocycles. The smallest absolute Gasteiger partial charge is 0.335 e. The molecule has 0 atom stereocenters. The van der Waals surface area contributed by atoms with Crippen molar-refractivity contribution in [2.75, 3.05) is 6.54 Å². The lowest BCUT2D eigenvalue weighted by atomic mass is 10.1. The Hall–Kier alpha value is -3.07. The Morgan fingerprint density at radius 1 is 1.33 bits per heavy atom. The molecule has 0 spiro atoms. The largest absolute Gasteiger partial charge is 0.478 e. The standard InChI is InChI=1S/C15H12N2O4/c1-2-7-17-12(14(19)16-9-13(17)18)8-10-3-5-11(6-4-10)15(20)21/h3-6,8H,9H2,1H3,(H,16,19)(H,20,21)/b12-8-. The van der Waals surface area contributed by atoms with Crippen molar-refractivity contribution in [3.05, 3.63) is 41.1 Å². The number of carbonyl (C=O) groups is 3. The monoisotopic (exact) mass is 284 g/mol. The first-order valence-electron chi connectivity index (χ1n) is 6.11. The fraction of sp³-hybridized carbons (Fsp3) is 0.133. The number of aromatic carboxylic acids is 1. The van der Waals surface area contributed by atoms with Crippen molar-refractivity contribution in [3.63, 3.8) is 0 Å². The number of hydrogen-bond donors (Lipinski definition) is 2. The number of hydrogen-bond acceptors (Lipinski definition) is 3. The van der Waals surface area contributed by atoms with E-state index in [0.29, 0.717) is 5.56 Å². The normalized spacial score (nSPS) is 16.2. The average Bonchev–Trinajstić information content (AvgIpc) is 2.47. The van der Waals surface area contributed by atoms with Gasteiger partial charge in [-0.25, -0.2) is 9.69 Å². The minimum Gasteiger partial charge on any atom is -0.478 e. The summed E-state index contributed by atoms with van der Waals surface area (Å²) >= 11 is 0. The van der Waals surface area contributed by atoms with Crippen molar-refractivity contribution in [2.45, 2.75) is 6.92 Å². The van der Waals surface area contributed by atoms with Crippen LogP contribution in [0.1, 0.15) is 22.8 Å². The molecule has 2 rings (SSSR count). The Morgan fingerprint density at radius 2 is 2.00 bits per heavy atom. The van der Waals surface area contributed by atoms with Crippen LogP contribution in [0.25, 0.3) is 6.08 Å². The molecule has 0 radical (unpaired) electrons. The summed E-state index contributed by atoms with van der Waals surface area (Å²) < 4.78 is 0. The van der Waals surface area contributed by atoms with E-state index in [4.69, 9.17) is 5.11 Å². The van der Waals surface area contributed by atoms with Gasteiger partial charge in [0.05, 0.1) is 12.1 Å². The van der Waals surface area contributed by atoms with Crippen molar-refractivity contribution in [1.82, 2.24) is 10.2 Å². The van der Waals surface area contributed by atoms with Gasteiger partial charge >= 0.3 is 5.97 Å². The second kappa shape index (κ2) is 5.92. The number of piperazine rings is 1. The van der Waals surface area contributed by atoms with Crippen LogP contribution < -0.4 is 5.32 Å². The first-order chi connectivity index (χ1) is 10.0. The van der Waals surface area contributed by atoms with Crippen LogP contribution in [-0.4, -0.2) is 34.3 Å². The van der Waals surface area contributed by atoms with Gasteiger partial charge in [-0.2, -0.15) is 0 Å². The molecule has 106 valence electrons. The summed E-state index contributed by atoms with van der Waals surface area (Å²) in [5.74, 6) is 0.830. The quantitative estimate of drug-likeness (QED) is 0.617. The SMILES string of the molecule is CC#CN1C(=O)CNC(=O)/C1=C/c1ccc(C(=O)O)cc1. The molecule has 2 amide bonds. The maximum Gasteiger partial charge on any atom is 0.335 e. The molecule has 0 bridgehead atoms. The van der Waals surface area contributed by atoms with E-state index in [1.807, 2.05) is 0 Å². The number of benzene rings is 1. The Balaban J connectivity index is 2.39. The highest BCUT2D eigenvalue weighted by molar-refractivity contribution is 6.06. The fourth-order valence-corrected chi connectivity index (χ4v) is 1.81. The highest BCUT2D eigenvalue weighted by atomic mass is 16.4. The summed E-state index contributed by atoms with van der Waals surface area (Å²) in [6.45, 7) is 1.47. The molecular formula is C15H12N2O4. The highest BCUT2D eigenvalue weighted by Crippen LogP contribution is 2.15. The van der Waals surface area contributed by atoms with Crippen molar-refractivity contribution < 1.29 is 19.5 Å². The summed E-state index contributed by atoms with van der Waals surface area (Å²) in [5, 5.41) is 11.3. The van der Waals surface area contributed by atoms with E-state index in [1.54, 1.807) is 19.1 Å². The summed E-state index contributed by atoms with van der Waals surface area (Å²) in [4.78, 5) is 35.5. The highest BCUT2D eigenvalue weighted by Gasteiger charge is 2.28. The summed E-state index contributed by atoms with van der Waals surface area (Å²) in [6.07, 6.45) is 1.49. The predicted octanol–water partition coefficient (Wildman–Crippen LogP) is 0.665. The molecule has 1 aliphatic rings. The van der Waals surface area contributed by atoms with Crippen LogP contribution >= 0.6 is 0 Å². The van der Waals surface area contributed by atoms with Crippen LogP contribution in [0, 0.1) is 12.0 Å². The maximum atomic E-state index is 11.9. The van der Waals surface area contributed by atoms with Crippen molar-refractivity contribution in [3.8, 4) is 12.0 Å². The van der Waals surface area contributed by atoms with E-state index in [1.165, 1.54) is 18.2 Å². The molecule has 1 saturated heterocycles. The number of carbonyl (C=O) groups excluding carboxylic acids is 2. The molecular weight excluding hydrogens is 272 g/mol. The lowest BCUT2D eigenvalue weighted by molar-refractivity contribution is -0.133. The lowest BCUT2D eigenvalue weighted by Gasteiger charge is -2.23. The molecule has 0 unspecified atom stereocenters. The van der Waals surface area contributed by atoms with Crippen LogP contribution in [0.4, 0.5) is 0 Å². The van der Waals surface area contributed by atoms with Gasteiger partial charge in [-0.05, 0) is 30.7 Å². The van der Waals surface area contributed by atoms with Crippen molar-refractivity contribution in [1.29, 1.82) is 0 Å². The van der Waals surface area contributed by atoms with Crippen LogP contribution in [0.15, 0.2) is 30.0 Å². The van der Waals surface area contributed by atoms with E-state index in [0.717, 1.165) is 4.90 Å². The minimum atomic E-state index is -1.03. The van der Waals surface area contributed by atoms with E-state index in [9.17, 15) is 14.4 Å². The molecule has 1 aromatic rings. The van der Waals surface area contributed by atoms with Gasteiger partial charge in [-0.15, -0.1) is 0 Å². The number of amides is 2. The molecule has 1 aromatic carbocycles. The zero-order valence-electron chi connectivity index (χ0n) is 11.2. The number of rotatable bonds is 2. The number of carboxylic acids is 1. The van der Waals surface area contributed by atoms with Gasteiger partial charge in [0, 0.05) is 6.04 Å². The molecule has 0 saturated carbocycles. The van der Waals surface area contributed by atoms with E-state index < -0.39 is 11.9 Å². The molecule has 6 nitrogen and oxygen atoms in total. The Bertz CT molecular complexity index is 693. The number of carboxylic acid groups (broad SMARTS) is 1. The summed E-state index contributed by atoms with van der Waals surface area (Å²) in [7, 11) is 0. The molecule has 6 heteroatoms. The summed E-state index contributed by atoms with van der Waals surface area (Å²) in [5.41, 5.74) is 0.859. The third kappa shape index (κ3) is 3.09. The zero-order valence-corrected chi connectivity index (χ0v) is 11.2. The molecule has 2 N–H and O–H groups in total. The molecule has 0 aliphatic carbocycles. The predicted molar refractivity (Wildman–Crippen MR) is 74.7 cm³/mol. The van der Waals surface area contributed by atoms with Crippen molar-refractivity contribution in [2.24, 2.45) is 0 Å². The van der Waals surface area contributed by atoms with Gasteiger partial charge in [-0.3, -0.25) is 9.59 Å². The van der Waals surface area contributed by atoms with E-state index in [2.05, 4.69) is 17.3 Å². The average molecular weight is 284 g/mol. The van der Waals surface area contributed by atoms with Crippen LogP contribution in [0.3, 0.4) is 0 Å². The molecule has 21 heavy (non-hydrogen) atoms. The molecule has 0 aromatic heterocycles.